The quantitative estimate of drug-likeness (QED) is 0.407. The summed E-state index contributed by atoms with van der Waals surface area (Å²) in [6.07, 6.45) is 2.86. The zero-order chi connectivity index (χ0) is 24.8. The van der Waals surface area contributed by atoms with Gasteiger partial charge in [-0.3, -0.25) is 9.59 Å². The molecule has 0 aromatic carbocycles. The van der Waals surface area contributed by atoms with Crippen molar-refractivity contribution in [3.8, 4) is 0 Å². The number of carbonyl (C=O) groups is 3. The number of carbonyl (C=O) groups excluding carboxylic acids is 2. The van der Waals surface area contributed by atoms with Crippen molar-refractivity contribution in [1.82, 2.24) is 15.6 Å². The molecule has 9 nitrogen and oxygen atoms in total. The summed E-state index contributed by atoms with van der Waals surface area (Å²) in [7, 11) is 1.72. The van der Waals surface area contributed by atoms with Crippen LogP contribution in [0.15, 0.2) is 24.4 Å². The zero-order valence-corrected chi connectivity index (χ0v) is 20.3. The number of carboxylic acids is 1. The van der Waals surface area contributed by atoms with E-state index in [9.17, 15) is 19.5 Å². The number of aliphatic carboxylic acids is 1. The highest BCUT2D eigenvalue weighted by molar-refractivity contribution is 5.92. The van der Waals surface area contributed by atoms with Gasteiger partial charge in [-0.25, -0.2) is 4.79 Å². The van der Waals surface area contributed by atoms with E-state index in [1.54, 1.807) is 34.0 Å². The lowest BCUT2D eigenvalue weighted by Gasteiger charge is -2.27. The summed E-state index contributed by atoms with van der Waals surface area (Å²) >= 11 is 0. The Morgan fingerprint density at radius 1 is 1.06 bits per heavy atom. The standard InChI is InChI=1S/C17H33N3O4.C6H7N2/c1-7-11(6)14(17(23)24)20-16(22)13(10(4)5)19-15(21)12(18)8-9(2)3;1-7-6-4-2-3-5-8-6/h9-14H,7-8,18H2,1-6H3,(H,19,21)(H,20,22)(H,23,24);2-5H,1H3/q;-1/t11-,12-,13-,14-;/m0./s1. The van der Waals surface area contributed by atoms with Gasteiger partial charge in [0.15, 0.2) is 0 Å². The summed E-state index contributed by atoms with van der Waals surface area (Å²) in [5.41, 5.74) is 5.85. The largest absolute Gasteiger partial charge is 0.480 e. The van der Waals surface area contributed by atoms with Crippen molar-refractivity contribution in [2.45, 2.75) is 72.5 Å². The molecule has 0 fully saturated rings. The average Bonchev–Trinajstić information content (AvgIpc) is 2.74. The van der Waals surface area contributed by atoms with Crippen molar-refractivity contribution >= 4 is 23.6 Å². The minimum atomic E-state index is -1.08. The Morgan fingerprint density at radius 3 is 2.03 bits per heavy atom. The van der Waals surface area contributed by atoms with Gasteiger partial charge in [-0.05, 0) is 24.2 Å². The maximum absolute atomic E-state index is 12.5. The fraction of sp³-hybridized carbons (Fsp3) is 0.652. The normalized spacial score (nSPS) is 14.4. The van der Waals surface area contributed by atoms with Crippen LogP contribution in [0.2, 0.25) is 0 Å². The molecule has 1 aromatic rings. The molecule has 0 aliphatic rings. The SMILES string of the molecule is CC[C@H](C)[C@H](NC(=O)[C@@H](NC(=O)[C@@H](N)CC(C)C)C(C)C)C(=O)O.C[N-]c1ccccn1. The predicted octanol–water partition coefficient (Wildman–Crippen LogP) is 2.83. The molecule has 32 heavy (non-hydrogen) atoms. The number of rotatable bonds is 11. The molecule has 9 heteroatoms. The third-order valence-electron chi connectivity index (χ3n) is 4.96. The molecule has 1 aromatic heterocycles. The van der Waals surface area contributed by atoms with Gasteiger partial charge < -0.3 is 31.8 Å². The van der Waals surface area contributed by atoms with Crippen molar-refractivity contribution in [2.24, 2.45) is 23.5 Å². The van der Waals surface area contributed by atoms with Gasteiger partial charge in [0.2, 0.25) is 11.8 Å². The summed E-state index contributed by atoms with van der Waals surface area (Å²) in [5.74, 6) is -1.32. The highest BCUT2D eigenvalue weighted by atomic mass is 16.4. The van der Waals surface area contributed by atoms with Gasteiger partial charge in [-0.15, -0.1) is 0 Å². The number of nitrogens with one attached hydrogen (secondary N) is 2. The number of carboxylic acid groups (broad SMARTS) is 1. The van der Waals surface area contributed by atoms with Crippen LogP contribution in [0.25, 0.3) is 5.32 Å². The van der Waals surface area contributed by atoms with Crippen molar-refractivity contribution in [2.75, 3.05) is 7.05 Å². The van der Waals surface area contributed by atoms with Crippen LogP contribution in [-0.2, 0) is 14.4 Å². The van der Waals surface area contributed by atoms with E-state index in [2.05, 4.69) is 20.9 Å². The van der Waals surface area contributed by atoms with E-state index in [1.165, 1.54) is 0 Å². The average molecular weight is 451 g/mol. The van der Waals surface area contributed by atoms with Crippen LogP contribution in [0.3, 0.4) is 0 Å². The molecule has 2 amide bonds. The van der Waals surface area contributed by atoms with E-state index < -0.39 is 35.9 Å². The fourth-order valence-corrected chi connectivity index (χ4v) is 2.82. The molecule has 0 bridgehead atoms. The first-order valence-electron chi connectivity index (χ1n) is 11.0. The van der Waals surface area contributed by atoms with Gasteiger partial charge in [-0.1, -0.05) is 85.2 Å². The maximum Gasteiger partial charge on any atom is 0.326 e. The number of amides is 2. The Balaban J connectivity index is 0.000000995. The third-order valence-corrected chi connectivity index (χ3v) is 4.96. The Morgan fingerprint density at radius 2 is 1.66 bits per heavy atom. The molecular weight excluding hydrogens is 410 g/mol. The minimum Gasteiger partial charge on any atom is -0.480 e. The lowest BCUT2D eigenvalue weighted by Crippen LogP contribution is -2.57. The van der Waals surface area contributed by atoms with Gasteiger partial charge >= 0.3 is 5.97 Å². The first kappa shape index (κ1) is 29.3. The van der Waals surface area contributed by atoms with Gasteiger partial charge in [-0.2, -0.15) is 0 Å². The molecule has 0 unspecified atom stereocenters. The number of nitrogens with two attached hydrogens (primary N) is 1. The number of hydrogen-bond donors (Lipinski definition) is 4. The molecule has 0 spiro atoms. The molecule has 0 saturated heterocycles. The van der Waals surface area contributed by atoms with Crippen LogP contribution in [0.5, 0.6) is 0 Å². The zero-order valence-electron chi connectivity index (χ0n) is 20.3. The lowest BCUT2D eigenvalue weighted by molar-refractivity contribution is -0.144. The van der Waals surface area contributed by atoms with Crippen molar-refractivity contribution < 1.29 is 19.5 Å². The van der Waals surface area contributed by atoms with Crippen LogP contribution in [0, 0.1) is 17.8 Å². The summed E-state index contributed by atoms with van der Waals surface area (Å²) in [6, 6.07) is 3.15. The van der Waals surface area contributed by atoms with Crippen molar-refractivity contribution in [3.05, 3.63) is 29.7 Å². The van der Waals surface area contributed by atoms with E-state index >= 15 is 0 Å². The molecule has 0 radical (unpaired) electrons. The Kier molecular flexibility index (Phi) is 13.9. The molecule has 182 valence electrons. The van der Waals surface area contributed by atoms with Gasteiger partial charge in [0.1, 0.15) is 12.1 Å². The van der Waals surface area contributed by atoms with Crippen LogP contribution < -0.4 is 16.4 Å². The van der Waals surface area contributed by atoms with Gasteiger partial charge in [0.05, 0.1) is 6.04 Å². The molecule has 4 atom stereocenters. The Hall–Kier alpha value is -2.68. The third kappa shape index (κ3) is 11.1. The van der Waals surface area contributed by atoms with E-state index in [0.717, 1.165) is 5.82 Å². The van der Waals surface area contributed by atoms with Crippen molar-refractivity contribution in [1.29, 1.82) is 0 Å². The molecule has 5 N–H and O–H groups in total. The highest BCUT2D eigenvalue weighted by Gasteiger charge is 2.31. The van der Waals surface area contributed by atoms with Gasteiger partial charge in [0.25, 0.3) is 0 Å². The number of nitrogens with zero attached hydrogens (tertiary/aromatic N) is 2. The second-order valence-electron chi connectivity index (χ2n) is 8.59. The molecule has 0 aliphatic carbocycles. The summed E-state index contributed by atoms with van der Waals surface area (Å²) in [5, 5.41) is 18.3. The van der Waals surface area contributed by atoms with E-state index in [0.29, 0.717) is 12.8 Å². The van der Waals surface area contributed by atoms with Crippen LogP contribution >= 0.6 is 0 Å². The highest BCUT2D eigenvalue weighted by Crippen LogP contribution is 2.11. The molecule has 1 rings (SSSR count). The molecule has 0 aliphatic heterocycles. The Bertz CT molecular complexity index is 697. The monoisotopic (exact) mass is 450 g/mol. The summed E-state index contributed by atoms with van der Waals surface area (Å²) in [6.45, 7) is 11.1. The Labute approximate surface area is 191 Å². The van der Waals surface area contributed by atoms with Crippen LogP contribution in [-0.4, -0.2) is 53.0 Å². The second-order valence-corrected chi connectivity index (χ2v) is 8.59. The van der Waals surface area contributed by atoms with E-state index in [-0.39, 0.29) is 17.8 Å². The van der Waals surface area contributed by atoms with E-state index in [1.807, 2.05) is 39.0 Å². The van der Waals surface area contributed by atoms with Gasteiger partial charge in [0, 0.05) is 0 Å². The first-order chi connectivity index (χ1) is 14.9. The number of pyridine rings is 1. The first-order valence-corrected chi connectivity index (χ1v) is 11.0. The van der Waals surface area contributed by atoms with Crippen molar-refractivity contribution in [3.63, 3.8) is 0 Å². The lowest BCUT2D eigenvalue weighted by atomic mass is 9.97. The predicted molar refractivity (Wildman–Crippen MR) is 126 cm³/mol. The second kappa shape index (κ2) is 15.2. The topological polar surface area (TPSA) is 149 Å². The smallest absolute Gasteiger partial charge is 0.326 e. The minimum absolute atomic E-state index is 0.188. The fourth-order valence-electron chi connectivity index (χ4n) is 2.82. The molecular formula is C23H40N5O4-. The number of hydrogen-bond acceptors (Lipinski definition) is 5. The summed E-state index contributed by atoms with van der Waals surface area (Å²) < 4.78 is 0. The van der Waals surface area contributed by atoms with E-state index in [4.69, 9.17) is 5.73 Å². The molecule has 0 saturated carbocycles. The number of aromatic nitrogens is 1. The maximum atomic E-state index is 12.5. The molecule has 1 heterocycles. The van der Waals surface area contributed by atoms with Crippen LogP contribution in [0.4, 0.5) is 5.82 Å². The summed E-state index contributed by atoms with van der Waals surface area (Å²) in [4.78, 5) is 39.9. The van der Waals surface area contributed by atoms with Crippen LogP contribution in [0.1, 0.15) is 54.4 Å².